The highest BCUT2D eigenvalue weighted by atomic mass is 14.8. The minimum Gasteiger partial charge on any atom is -0.254 e. The summed E-state index contributed by atoms with van der Waals surface area (Å²) >= 11 is 0. The van der Waals surface area contributed by atoms with E-state index in [1.807, 2.05) is 24.5 Å². The van der Waals surface area contributed by atoms with Gasteiger partial charge in [0, 0.05) is 51.3 Å². The quantitative estimate of drug-likeness (QED) is 0.190. The van der Waals surface area contributed by atoms with Crippen LogP contribution in [0.1, 0.15) is 28.3 Å². The van der Waals surface area contributed by atoms with Gasteiger partial charge in [-0.2, -0.15) is 0 Å². The largest absolute Gasteiger partial charge is 0.254 e. The minimum absolute atomic E-state index is 0.144. The first-order valence-electron chi connectivity index (χ1n) is 16.1. The molecule has 4 aromatic carbocycles. The monoisotopic (exact) mass is 600 g/mol. The van der Waals surface area contributed by atoms with Crippen molar-refractivity contribution in [2.45, 2.75) is 11.3 Å². The van der Waals surface area contributed by atoms with Gasteiger partial charge in [-0.15, -0.1) is 0 Å². The van der Waals surface area contributed by atoms with E-state index in [0.29, 0.717) is 0 Å². The molecular weight excluding hydrogens is 573 g/mol. The number of hydrogen-bond acceptors (Lipinski definition) is 4. The van der Waals surface area contributed by atoms with E-state index < -0.39 is 5.41 Å². The van der Waals surface area contributed by atoms with E-state index in [2.05, 4.69) is 133 Å². The molecule has 4 nitrogen and oxygen atoms in total. The molecule has 220 valence electrons. The van der Waals surface area contributed by atoms with Crippen LogP contribution in [0.25, 0.3) is 54.9 Å². The van der Waals surface area contributed by atoms with Gasteiger partial charge in [-0.3, -0.25) is 9.97 Å². The maximum absolute atomic E-state index is 5.56. The van der Waals surface area contributed by atoms with Gasteiger partial charge in [0.05, 0.1) is 38.9 Å². The zero-order chi connectivity index (χ0) is 31.0. The van der Waals surface area contributed by atoms with E-state index in [0.717, 1.165) is 60.6 Å². The summed E-state index contributed by atoms with van der Waals surface area (Å²) in [6.07, 6.45) is 12.8. The number of hydrogen-bond donors (Lipinski definition) is 0. The molecule has 10 rings (SSSR count). The summed E-state index contributed by atoms with van der Waals surface area (Å²) in [6, 6.07) is 43.3. The molecular formula is C43H28N4. The van der Waals surface area contributed by atoms with Crippen LogP contribution in [-0.2, 0) is 5.41 Å². The molecule has 0 bridgehead atoms. The third-order valence-corrected chi connectivity index (χ3v) is 10.3. The zero-order valence-corrected chi connectivity index (χ0v) is 25.5. The van der Waals surface area contributed by atoms with Gasteiger partial charge in [0.15, 0.2) is 0 Å². The van der Waals surface area contributed by atoms with E-state index in [1.54, 1.807) is 0 Å². The van der Waals surface area contributed by atoms with Crippen molar-refractivity contribution in [3.8, 4) is 11.3 Å². The van der Waals surface area contributed by atoms with Gasteiger partial charge < -0.3 is 0 Å². The average molecular weight is 601 g/mol. The van der Waals surface area contributed by atoms with E-state index in [1.165, 1.54) is 16.7 Å². The predicted molar refractivity (Wildman–Crippen MR) is 190 cm³/mol. The lowest BCUT2D eigenvalue weighted by Crippen LogP contribution is -2.36. The number of benzene rings is 4. The van der Waals surface area contributed by atoms with Crippen LogP contribution in [0.15, 0.2) is 158 Å². The van der Waals surface area contributed by atoms with Crippen LogP contribution in [0.2, 0.25) is 0 Å². The highest BCUT2D eigenvalue weighted by Crippen LogP contribution is 2.59. The van der Waals surface area contributed by atoms with E-state index in [-0.39, 0.29) is 11.8 Å². The molecule has 0 saturated carbocycles. The minimum atomic E-state index is -0.533. The molecule has 0 amide bonds. The van der Waals surface area contributed by atoms with Crippen LogP contribution < -0.4 is 0 Å². The van der Waals surface area contributed by atoms with Crippen LogP contribution in [0.5, 0.6) is 0 Å². The smallest absolute Gasteiger partial charge is 0.0972 e. The maximum atomic E-state index is 5.56. The van der Waals surface area contributed by atoms with Gasteiger partial charge in [0.25, 0.3) is 0 Å². The van der Waals surface area contributed by atoms with Crippen molar-refractivity contribution in [3.63, 3.8) is 0 Å². The Kier molecular flexibility index (Phi) is 5.58. The predicted octanol–water partition coefficient (Wildman–Crippen LogP) is 9.72. The highest BCUT2D eigenvalue weighted by Gasteiger charge is 2.53. The summed E-state index contributed by atoms with van der Waals surface area (Å²) in [5.41, 5.74) is 10.0. The van der Waals surface area contributed by atoms with Gasteiger partial charge in [-0.25, -0.2) is 9.97 Å². The second-order valence-corrected chi connectivity index (χ2v) is 12.6. The van der Waals surface area contributed by atoms with E-state index >= 15 is 0 Å². The number of allylic oxidation sites excluding steroid dienone is 4. The fraction of sp³-hybridized carbons (Fsp3) is 0.0698. The van der Waals surface area contributed by atoms with Crippen LogP contribution in [-0.4, -0.2) is 19.9 Å². The molecule has 0 radical (unpaired) electrons. The molecule has 0 spiro atoms. The number of fused-ring (bicyclic) bond motifs is 9. The summed E-state index contributed by atoms with van der Waals surface area (Å²) in [4.78, 5) is 20.3. The Balaban J connectivity index is 1.25. The standard InChI is InChI=1S/C43H28N4/c1-3-14-35-33(12-1)34-13-2-4-15-36(34)43(35,38-23-21-30-19-17-28-10-7-25-45-40(28)42(30)47-38)32-11-5-8-31(26-32)37-22-20-29-18-16-27-9-6-24-44-39(27)41(29)46-37/h1-26,33,35H. The Bertz CT molecular complexity index is 2620. The van der Waals surface area contributed by atoms with Gasteiger partial charge in [0.2, 0.25) is 0 Å². The molecule has 4 heteroatoms. The zero-order valence-electron chi connectivity index (χ0n) is 25.5. The molecule has 3 atom stereocenters. The summed E-state index contributed by atoms with van der Waals surface area (Å²) in [5, 5.41) is 4.36. The molecule has 0 saturated heterocycles. The topological polar surface area (TPSA) is 51.6 Å². The Morgan fingerprint density at radius 1 is 0.511 bits per heavy atom. The Hall–Kier alpha value is -6.00. The summed E-state index contributed by atoms with van der Waals surface area (Å²) in [7, 11) is 0. The normalized spacial score (nSPS) is 19.8. The maximum Gasteiger partial charge on any atom is 0.0972 e. The number of pyridine rings is 4. The van der Waals surface area contributed by atoms with Gasteiger partial charge >= 0.3 is 0 Å². The molecule has 0 N–H and O–H groups in total. The molecule has 0 fully saturated rings. The molecule has 3 unspecified atom stereocenters. The van der Waals surface area contributed by atoms with Crippen LogP contribution >= 0.6 is 0 Å². The first kappa shape index (κ1) is 26.2. The third-order valence-electron chi connectivity index (χ3n) is 10.3. The number of aromatic nitrogens is 4. The molecule has 47 heavy (non-hydrogen) atoms. The lowest BCUT2D eigenvalue weighted by atomic mass is 9.64. The molecule has 8 aromatic rings. The van der Waals surface area contributed by atoms with Crippen molar-refractivity contribution in [2.24, 2.45) is 5.92 Å². The first-order valence-corrected chi connectivity index (χ1v) is 16.1. The summed E-state index contributed by atoms with van der Waals surface area (Å²) in [6.45, 7) is 0. The van der Waals surface area contributed by atoms with Crippen molar-refractivity contribution in [1.82, 2.24) is 19.9 Å². The Morgan fingerprint density at radius 3 is 1.96 bits per heavy atom. The number of rotatable bonds is 3. The van der Waals surface area contributed by atoms with Crippen LogP contribution in [0, 0.1) is 5.92 Å². The van der Waals surface area contributed by atoms with Gasteiger partial charge in [0.1, 0.15) is 0 Å². The molecule has 0 aliphatic heterocycles. The van der Waals surface area contributed by atoms with E-state index in [9.17, 15) is 0 Å². The van der Waals surface area contributed by atoms with Crippen LogP contribution in [0.3, 0.4) is 0 Å². The van der Waals surface area contributed by atoms with Crippen LogP contribution in [0.4, 0.5) is 0 Å². The van der Waals surface area contributed by atoms with Gasteiger partial charge in [-0.05, 0) is 47.0 Å². The summed E-state index contributed by atoms with van der Waals surface area (Å²) < 4.78 is 0. The average Bonchev–Trinajstić information content (AvgIpc) is 3.45. The van der Waals surface area contributed by atoms with E-state index in [4.69, 9.17) is 19.9 Å². The molecule has 2 aliphatic carbocycles. The Labute approximate surface area is 271 Å². The fourth-order valence-corrected chi connectivity index (χ4v) is 8.20. The first-order chi connectivity index (χ1) is 23.3. The second-order valence-electron chi connectivity index (χ2n) is 12.6. The van der Waals surface area contributed by atoms with Crippen molar-refractivity contribution < 1.29 is 0 Å². The lowest BCUT2D eigenvalue weighted by Gasteiger charge is -2.38. The van der Waals surface area contributed by atoms with Gasteiger partial charge in [-0.1, -0.05) is 115 Å². The lowest BCUT2D eigenvalue weighted by molar-refractivity contribution is 0.448. The molecule has 4 heterocycles. The molecule has 2 aliphatic rings. The SMILES string of the molecule is C1=CC2c3ccccc3C(c3cccc(-c4ccc5ccc6cccnc6c5n4)c3)(c3ccc4ccc5cccnc5c4n3)C2C=C1. The second kappa shape index (κ2) is 10.0. The Morgan fingerprint density at radius 2 is 1.17 bits per heavy atom. The summed E-state index contributed by atoms with van der Waals surface area (Å²) in [5.74, 6) is 0.380. The number of nitrogens with zero attached hydrogens (tertiary/aromatic N) is 4. The van der Waals surface area contributed by atoms with Crippen molar-refractivity contribution in [1.29, 1.82) is 0 Å². The fourth-order valence-electron chi connectivity index (χ4n) is 8.20. The highest BCUT2D eigenvalue weighted by molar-refractivity contribution is 6.04. The third kappa shape index (κ3) is 3.76. The van der Waals surface area contributed by atoms with Crippen molar-refractivity contribution >= 4 is 43.6 Å². The molecule has 4 aromatic heterocycles. The van der Waals surface area contributed by atoms with Crippen molar-refractivity contribution in [3.05, 3.63) is 180 Å². The van der Waals surface area contributed by atoms with Crippen molar-refractivity contribution in [2.75, 3.05) is 0 Å².